The quantitative estimate of drug-likeness (QED) is 0.846. The number of halogens is 1. The summed E-state index contributed by atoms with van der Waals surface area (Å²) in [7, 11) is 1.46. The molecule has 1 N–H and O–H groups in total. The molecule has 1 atom stereocenters. The van der Waals surface area contributed by atoms with Crippen LogP contribution in [-0.2, 0) is 11.3 Å². The molecule has 0 spiro atoms. The van der Waals surface area contributed by atoms with Gasteiger partial charge in [-0.1, -0.05) is 6.07 Å². The first-order valence-electron chi connectivity index (χ1n) is 5.43. The lowest BCUT2D eigenvalue weighted by molar-refractivity contribution is 0.190. The molecule has 4 heteroatoms. The van der Waals surface area contributed by atoms with Crippen molar-refractivity contribution in [3.8, 4) is 5.75 Å². The molecule has 0 saturated carbocycles. The van der Waals surface area contributed by atoms with Gasteiger partial charge in [-0.05, 0) is 24.1 Å². The zero-order valence-corrected chi connectivity index (χ0v) is 9.33. The van der Waals surface area contributed by atoms with Crippen LogP contribution in [0.4, 0.5) is 4.39 Å². The lowest BCUT2D eigenvalue weighted by atomic mass is 10.2. The van der Waals surface area contributed by atoms with Gasteiger partial charge in [-0.3, -0.25) is 0 Å². The Balaban J connectivity index is 1.91. The Morgan fingerprint density at radius 2 is 2.44 bits per heavy atom. The van der Waals surface area contributed by atoms with Crippen molar-refractivity contribution >= 4 is 0 Å². The van der Waals surface area contributed by atoms with Crippen molar-refractivity contribution in [2.75, 3.05) is 20.3 Å². The summed E-state index contributed by atoms with van der Waals surface area (Å²) in [5.41, 5.74) is 0.921. The normalized spacial score (nSPS) is 20.0. The van der Waals surface area contributed by atoms with Crippen molar-refractivity contribution in [3.05, 3.63) is 29.6 Å². The molecule has 0 amide bonds. The van der Waals surface area contributed by atoms with Crippen LogP contribution in [0.3, 0.4) is 0 Å². The topological polar surface area (TPSA) is 30.5 Å². The van der Waals surface area contributed by atoms with Crippen LogP contribution in [0.1, 0.15) is 12.0 Å². The van der Waals surface area contributed by atoms with Crippen LogP contribution in [0.15, 0.2) is 18.2 Å². The molecule has 1 fully saturated rings. The molecule has 0 bridgehead atoms. The fourth-order valence-electron chi connectivity index (χ4n) is 1.78. The summed E-state index contributed by atoms with van der Waals surface area (Å²) in [4.78, 5) is 0. The number of rotatable bonds is 4. The average Bonchev–Trinajstić information content (AvgIpc) is 2.79. The molecule has 1 unspecified atom stereocenters. The first kappa shape index (κ1) is 11.4. The van der Waals surface area contributed by atoms with Gasteiger partial charge in [0.1, 0.15) is 0 Å². The molecular formula is C12H16FNO2. The molecule has 3 nitrogen and oxygen atoms in total. The lowest BCUT2D eigenvalue weighted by Gasteiger charge is -2.11. The highest BCUT2D eigenvalue weighted by Gasteiger charge is 2.14. The second-order valence-electron chi connectivity index (χ2n) is 3.91. The maximum atomic E-state index is 13.4. The summed E-state index contributed by atoms with van der Waals surface area (Å²) in [5.74, 6) is -0.0302. The van der Waals surface area contributed by atoms with Gasteiger partial charge in [0.25, 0.3) is 0 Å². The van der Waals surface area contributed by atoms with Crippen molar-refractivity contribution in [2.45, 2.75) is 19.0 Å². The van der Waals surface area contributed by atoms with Gasteiger partial charge >= 0.3 is 0 Å². The molecule has 1 aliphatic rings. The Kier molecular flexibility index (Phi) is 3.74. The minimum absolute atomic E-state index is 0.285. The largest absolute Gasteiger partial charge is 0.494 e. The van der Waals surface area contributed by atoms with E-state index in [9.17, 15) is 4.39 Å². The Labute approximate surface area is 94.6 Å². The van der Waals surface area contributed by atoms with Crippen LogP contribution < -0.4 is 10.1 Å². The molecular weight excluding hydrogens is 209 g/mol. The number of nitrogens with one attached hydrogen (secondary N) is 1. The van der Waals surface area contributed by atoms with Crippen LogP contribution in [0.25, 0.3) is 0 Å². The molecule has 1 saturated heterocycles. The van der Waals surface area contributed by atoms with Crippen molar-refractivity contribution < 1.29 is 13.9 Å². The van der Waals surface area contributed by atoms with Crippen molar-refractivity contribution in [1.29, 1.82) is 0 Å². The first-order valence-corrected chi connectivity index (χ1v) is 5.43. The molecule has 16 heavy (non-hydrogen) atoms. The third-order valence-electron chi connectivity index (χ3n) is 2.74. The summed E-state index contributed by atoms with van der Waals surface area (Å²) in [6.07, 6.45) is 1.03. The molecule has 0 radical (unpaired) electrons. The van der Waals surface area contributed by atoms with Crippen molar-refractivity contribution in [2.24, 2.45) is 0 Å². The third kappa shape index (κ3) is 2.71. The van der Waals surface area contributed by atoms with E-state index in [1.165, 1.54) is 13.2 Å². The highest BCUT2D eigenvalue weighted by molar-refractivity contribution is 5.29. The van der Waals surface area contributed by atoms with E-state index in [-0.39, 0.29) is 11.6 Å². The summed E-state index contributed by atoms with van der Waals surface area (Å²) in [6, 6.07) is 5.41. The number of hydrogen-bond acceptors (Lipinski definition) is 3. The zero-order valence-electron chi connectivity index (χ0n) is 9.33. The number of methoxy groups -OCH3 is 1. The lowest BCUT2D eigenvalue weighted by Crippen LogP contribution is -2.28. The standard InChI is InChI=1S/C12H16FNO2/c1-15-12-3-2-9(6-11(12)13)7-14-10-4-5-16-8-10/h2-3,6,10,14H,4-5,7-8H2,1H3. The summed E-state index contributed by atoms with van der Waals surface area (Å²) in [5, 5.41) is 3.33. The van der Waals surface area contributed by atoms with E-state index in [2.05, 4.69) is 5.32 Å². The smallest absolute Gasteiger partial charge is 0.165 e. The van der Waals surface area contributed by atoms with Gasteiger partial charge in [-0.25, -0.2) is 4.39 Å². The second kappa shape index (κ2) is 5.27. The van der Waals surface area contributed by atoms with Gasteiger partial charge in [0.15, 0.2) is 11.6 Å². The Morgan fingerprint density at radius 3 is 3.06 bits per heavy atom. The van der Waals surface area contributed by atoms with E-state index in [1.807, 2.05) is 6.07 Å². The number of benzene rings is 1. The van der Waals surface area contributed by atoms with Crippen LogP contribution in [0.5, 0.6) is 5.75 Å². The molecule has 0 aliphatic carbocycles. The first-order chi connectivity index (χ1) is 7.79. The number of hydrogen-bond donors (Lipinski definition) is 1. The van der Waals surface area contributed by atoms with E-state index in [1.54, 1.807) is 6.07 Å². The third-order valence-corrected chi connectivity index (χ3v) is 2.74. The summed E-state index contributed by atoms with van der Waals surface area (Å²) < 4.78 is 23.5. The van der Waals surface area contributed by atoms with Crippen molar-refractivity contribution in [3.63, 3.8) is 0 Å². The predicted octanol–water partition coefficient (Wildman–Crippen LogP) is 1.71. The molecule has 1 aromatic carbocycles. The zero-order chi connectivity index (χ0) is 11.4. The molecule has 1 aromatic rings. The molecule has 2 rings (SSSR count). The van der Waals surface area contributed by atoms with Gasteiger partial charge < -0.3 is 14.8 Å². The van der Waals surface area contributed by atoms with Gasteiger partial charge in [0, 0.05) is 19.2 Å². The monoisotopic (exact) mass is 225 g/mol. The second-order valence-corrected chi connectivity index (χ2v) is 3.91. The maximum absolute atomic E-state index is 13.4. The Morgan fingerprint density at radius 1 is 1.56 bits per heavy atom. The highest BCUT2D eigenvalue weighted by atomic mass is 19.1. The summed E-state index contributed by atoms with van der Waals surface area (Å²) in [6.45, 7) is 2.22. The number of ether oxygens (including phenoxy) is 2. The van der Waals surface area contributed by atoms with E-state index in [0.717, 1.165) is 25.2 Å². The van der Waals surface area contributed by atoms with Crippen LogP contribution in [0, 0.1) is 5.82 Å². The minimum Gasteiger partial charge on any atom is -0.494 e. The SMILES string of the molecule is COc1ccc(CNC2CCOC2)cc1F. The van der Waals surface area contributed by atoms with E-state index < -0.39 is 0 Å². The van der Waals surface area contributed by atoms with Crippen LogP contribution >= 0.6 is 0 Å². The molecule has 88 valence electrons. The van der Waals surface area contributed by atoms with Gasteiger partial charge in [-0.2, -0.15) is 0 Å². The van der Waals surface area contributed by atoms with E-state index in [4.69, 9.17) is 9.47 Å². The predicted molar refractivity (Wildman–Crippen MR) is 59.0 cm³/mol. The van der Waals surface area contributed by atoms with E-state index in [0.29, 0.717) is 12.6 Å². The minimum atomic E-state index is -0.315. The molecule has 1 aliphatic heterocycles. The van der Waals surface area contributed by atoms with Crippen LogP contribution in [0.2, 0.25) is 0 Å². The highest BCUT2D eigenvalue weighted by Crippen LogP contribution is 2.17. The van der Waals surface area contributed by atoms with Crippen molar-refractivity contribution in [1.82, 2.24) is 5.32 Å². The van der Waals surface area contributed by atoms with Crippen LogP contribution in [-0.4, -0.2) is 26.4 Å². The fraction of sp³-hybridized carbons (Fsp3) is 0.500. The fourth-order valence-corrected chi connectivity index (χ4v) is 1.78. The van der Waals surface area contributed by atoms with E-state index >= 15 is 0 Å². The Bertz CT molecular complexity index is 351. The molecule has 0 aromatic heterocycles. The average molecular weight is 225 g/mol. The maximum Gasteiger partial charge on any atom is 0.165 e. The Hall–Kier alpha value is -1.13. The summed E-state index contributed by atoms with van der Waals surface area (Å²) >= 11 is 0. The van der Waals surface area contributed by atoms with Gasteiger partial charge in [0.05, 0.1) is 13.7 Å². The van der Waals surface area contributed by atoms with Gasteiger partial charge in [-0.15, -0.1) is 0 Å². The van der Waals surface area contributed by atoms with Gasteiger partial charge in [0.2, 0.25) is 0 Å². The molecule has 1 heterocycles.